The van der Waals surface area contributed by atoms with Crippen LogP contribution in [0, 0.1) is 0 Å². The van der Waals surface area contributed by atoms with E-state index in [1.54, 1.807) is 0 Å². The third-order valence-corrected chi connectivity index (χ3v) is 0.771. The third kappa shape index (κ3) is 4.34. The molecule has 0 aromatic carbocycles. The van der Waals surface area contributed by atoms with Gasteiger partial charge in [-0.2, -0.15) is 0 Å². The van der Waals surface area contributed by atoms with Crippen molar-refractivity contribution in [2.24, 2.45) is 0 Å². The maximum atomic E-state index is 9.57. The molecular weight excluding hydrogens is 108 g/mol. The Kier molecular flexibility index (Phi) is 2.75. The monoisotopic (exact) mass is 110 g/mol. The molecule has 0 aliphatic heterocycles. The number of halogens is 1. The van der Waals surface area contributed by atoms with Crippen LogP contribution in [0.3, 0.4) is 0 Å². The van der Waals surface area contributed by atoms with Crippen LogP contribution in [0.15, 0.2) is 12.0 Å². The molecule has 1 nitrogen and oxygen atoms in total. The van der Waals surface area contributed by atoms with Crippen molar-refractivity contribution in [1.29, 1.82) is 0 Å². The Morgan fingerprint density at radius 1 is 2.00 bits per heavy atom. The molecule has 0 rings (SSSR count). The van der Waals surface area contributed by atoms with Crippen LogP contribution in [-0.2, 0) is 10.4 Å². The van der Waals surface area contributed by atoms with Gasteiger partial charge in [0.1, 0.15) is 5.41 Å². The van der Waals surface area contributed by atoms with Gasteiger partial charge < -0.3 is 4.55 Å². The minimum atomic E-state index is -1.34. The first kappa shape index (κ1) is 5.34. The van der Waals surface area contributed by atoms with Gasteiger partial charge in [-0.05, 0) is 6.58 Å². The zero-order chi connectivity index (χ0) is 4.28. The van der Waals surface area contributed by atoms with E-state index in [2.05, 4.69) is 6.58 Å². The third-order valence-electron chi connectivity index (χ3n) is 0.131. The standard InChI is InChI=1S/C2H3ClOS/c1-2-5(3)4/h2H,1H2. The van der Waals surface area contributed by atoms with Gasteiger partial charge in [0.2, 0.25) is 0 Å². The molecule has 0 aliphatic carbocycles. The molecular formula is C2H3ClOS. The highest BCUT2D eigenvalue weighted by Gasteiger charge is 1.82. The van der Waals surface area contributed by atoms with Crippen molar-refractivity contribution >= 4 is 21.1 Å². The highest BCUT2D eigenvalue weighted by Crippen LogP contribution is 1.93. The summed E-state index contributed by atoms with van der Waals surface area (Å²) in [7, 11) is 3.48. The lowest BCUT2D eigenvalue weighted by molar-refractivity contribution is 0.616. The van der Waals surface area contributed by atoms with Crippen molar-refractivity contribution < 1.29 is 4.55 Å². The molecule has 0 N–H and O–H groups in total. The van der Waals surface area contributed by atoms with E-state index in [1.165, 1.54) is 0 Å². The first-order valence-corrected chi connectivity index (χ1v) is 3.00. The first-order chi connectivity index (χ1) is 2.27. The van der Waals surface area contributed by atoms with Gasteiger partial charge in [0.25, 0.3) is 0 Å². The van der Waals surface area contributed by atoms with E-state index in [4.69, 9.17) is 10.7 Å². The molecule has 0 heterocycles. The van der Waals surface area contributed by atoms with Crippen LogP contribution in [0.2, 0.25) is 0 Å². The lowest BCUT2D eigenvalue weighted by atomic mass is 11.3. The Hall–Kier alpha value is 0.340. The molecule has 1 unspecified atom stereocenters. The van der Waals surface area contributed by atoms with Crippen LogP contribution in [0.25, 0.3) is 0 Å². The Labute approximate surface area is 38.3 Å². The van der Waals surface area contributed by atoms with Gasteiger partial charge in [-0.15, -0.1) is 0 Å². The van der Waals surface area contributed by atoms with Gasteiger partial charge in [-0.3, -0.25) is 0 Å². The van der Waals surface area contributed by atoms with E-state index in [1.807, 2.05) is 0 Å². The fraction of sp³-hybridized carbons (Fsp3) is 0. The van der Waals surface area contributed by atoms with Crippen molar-refractivity contribution in [2.45, 2.75) is 0 Å². The van der Waals surface area contributed by atoms with E-state index < -0.39 is 10.4 Å². The summed E-state index contributed by atoms with van der Waals surface area (Å²) in [6.07, 6.45) is 0. The second kappa shape index (κ2) is 2.57. The van der Waals surface area contributed by atoms with Crippen molar-refractivity contribution in [1.82, 2.24) is 0 Å². The van der Waals surface area contributed by atoms with Gasteiger partial charge in [0, 0.05) is 0 Å². The molecule has 0 aliphatic rings. The molecule has 0 fully saturated rings. The molecule has 0 aromatic heterocycles. The maximum absolute atomic E-state index is 9.57. The Balaban J connectivity index is 2.83. The minimum Gasteiger partial charge on any atom is -0.595 e. The highest BCUT2D eigenvalue weighted by atomic mass is 35.7. The summed E-state index contributed by atoms with van der Waals surface area (Å²) in [4.78, 5) is 0. The summed E-state index contributed by atoms with van der Waals surface area (Å²) in [5.41, 5.74) is 0. The molecule has 0 bridgehead atoms. The fourth-order valence-electron chi connectivity index (χ4n) is 0. The van der Waals surface area contributed by atoms with Gasteiger partial charge in [0.05, 0.1) is 10.4 Å². The molecule has 1 atom stereocenters. The predicted octanol–water partition coefficient (Wildman–Crippen LogP) is 1.03. The predicted molar refractivity (Wildman–Crippen MR) is 24.2 cm³/mol. The number of hydrogen-bond acceptors (Lipinski definition) is 1. The molecule has 0 spiro atoms. The van der Waals surface area contributed by atoms with E-state index in [-0.39, 0.29) is 0 Å². The van der Waals surface area contributed by atoms with Crippen LogP contribution in [0.4, 0.5) is 0 Å². The summed E-state index contributed by atoms with van der Waals surface area (Å²) < 4.78 is 9.57. The summed E-state index contributed by atoms with van der Waals surface area (Å²) in [5, 5.41) is 1.15. The second-order valence-corrected chi connectivity index (χ2v) is 2.16. The van der Waals surface area contributed by atoms with Crippen LogP contribution < -0.4 is 0 Å². The van der Waals surface area contributed by atoms with Gasteiger partial charge in [-0.25, -0.2) is 0 Å². The summed E-state index contributed by atoms with van der Waals surface area (Å²) in [5.74, 6) is 0. The van der Waals surface area contributed by atoms with Crippen molar-refractivity contribution in [3.8, 4) is 0 Å². The lowest BCUT2D eigenvalue weighted by Gasteiger charge is -1.82. The molecule has 0 amide bonds. The van der Waals surface area contributed by atoms with Crippen LogP contribution in [0.5, 0.6) is 0 Å². The topological polar surface area (TPSA) is 23.1 Å². The van der Waals surface area contributed by atoms with Crippen molar-refractivity contribution in [2.75, 3.05) is 0 Å². The van der Waals surface area contributed by atoms with Crippen molar-refractivity contribution in [3.63, 3.8) is 0 Å². The Morgan fingerprint density at radius 3 is 2.20 bits per heavy atom. The highest BCUT2D eigenvalue weighted by molar-refractivity contribution is 8.16. The van der Waals surface area contributed by atoms with Crippen LogP contribution >= 0.6 is 10.7 Å². The normalized spacial score (nSPS) is 14.0. The zero-order valence-electron chi connectivity index (χ0n) is 2.48. The number of rotatable bonds is 1. The van der Waals surface area contributed by atoms with Crippen LogP contribution in [-0.4, -0.2) is 4.55 Å². The molecule has 0 saturated carbocycles. The molecule has 0 aromatic rings. The lowest BCUT2D eigenvalue weighted by Crippen LogP contribution is -1.74. The fourth-order valence-corrected chi connectivity index (χ4v) is 0. The molecule has 5 heavy (non-hydrogen) atoms. The Bertz CT molecular complexity index is 36.6. The van der Waals surface area contributed by atoms with Gasteiger partial charge in [0.15, 0.2) is 10.7 Å². The smallest absolute Gasteiger partial charge is 0.180 e. The average Bonchev–Trinajstić information content (AvgIpc) is 1.38. The quantitative estimate of drug-likeness (QED) is 0.463. The average molecular weight is 111 g/mol. The van der Waals surface area contributed by atoms with Gasteiger partial charge in [-0.1, -0.05) is 0 Å². The molecule has 3 heteroatoms. The first-order valence-electron chi connectivity index (χ1n) is 0.965. The van der Waals surface area contributed by atoms with Crippen molar-refractivity contribution in [3.05, 3.63) is 12.0 Å². The van der Waals surface area contributed by atoms with Crippen LogP contribution in [0.1, 0.15) is 0 Å². The number of hydrogen-bond donors (Lipinski definition) is 0. The van der Waals surface area contributed by atoms with E-state index in [0.29, 0.717) is 0 Å². The maximum Gasteiger partial charge on any atom is 0.180 e. The molecule has 30 valence electrons. The Morgan fingerprint density at radius 2 is 2.20 bits per heavy atom. The zero-order valence-corrected chi connectivity index (χ0v) is 4.05. The summed E-state index contributed by atoms with van der Waals surface area (Å²) in [6.45, 7) is 3.13. The van der Waals surface area contributed by atoms with Gasteiger partial charge >= 0.3 is 0 Å². The summed E-state index contributed by atoms with van der Waals surface area (Å²) >= 11 is 0. The van der Waals surface area contributed by atoms with E-state index in [0.717, 1.165) is 5.41 Å². The SMILES string of the molecule is C=C[S+]([O-])Cl. The molecule has 0 radical (unpaired) electrons. The summed E-state index contributed by atoms with van der Waals surface area (Å²) in [6, 6.07) is 0. The second-order valence-electron chi connectivity index (χ2n) is 0.415. The van der Waals surface area contributed by atoms with E-state index >= 15 is 0 Å². The van der Waals surface area contributed by atoms with E-state index in [9.17, 15) is 4.55 Å². The molecule has 0 saturated heterocycles. The minimum absolute atomic E-state index is 1.15. The largest absolute Gasteiger partial charge is 0.595 e.